The Balaban J connectivity index is 4.33. The number of aliphatic hydroxyl groups excluding tert-OH is 1. The SMILES string of the molecule is CCCC/C=C(CCCC)/C(C)=C/CCO. The number of aliphatic hydroxyl groups is 1. The summed E-state index contributed by atoms with van der Waals surface area (Å²) < 4.78 is 0. The molecule has 0 aromatic heterocycles. The van der Waals surface area contributed by atoms with E-state index in [0.29, 0.717) is 0 Å². The summed E-state index contributed by atoms with van der Waals surface area (Å²) in [4.78, 5) is 0. The molecule has 0 aromatic carbocycles. The second kappa shape index (κ2) is 10.9. The topological polar surface area (TPSA) is 20.2 Å². The van der Waals surface area contributed by atoms with Gasteiger partial charge in [0.05, 0.1) is 0 Å². The van der Waals surface area contributed by atoms with Gasteiger partial charge in [0.25, 0.3) is 0 Å². The molecule has 1 heteroatoms. The van der Waals surface area contributed by atoms with Crippen molar-refractivity contribution in [3.63, 3.8) is 0 Å². The fourth-order valence-electron chi connectivity index (χ4n) is 1.72. The van der Waals surface area contributed by atoms with Gasteiger partial charge in [-0.25, -0.2) is 0 Å². The second-order valence-electron chi connectivity index (χ2n) is 4.37. The Morgan fingerprint density at radius 1 is 1.00 bits per heavy atom. The van der Waals surface area contributed by atoms with Crippen molar-refractivity contribution in [1.82, 2.24) is 0 Å². The molecule has 0 unspecified atom stereocenters. The average molecular weight is 224 g/mol. The predicted octanol–water partition coefficient (Wildman–Crippen LogP) is 4.62. The lowest BCUT2D eigenvalue weighted by molar-refractivity contribution is 0.302. The van der Waals surface area contributed by atoms with Gasteiger partial charge in [-0.2, -0.15) is 0 Å². The lowest BCUT2D eigenvalue weighted by Crippen LogP contribution is -1.89. The Hall–Kier alpha value is -0.560. The Kier molecular flexibility index (Phi) is 10.6. The van der Waals surface area contributed by atoms with Crippen LogP contribution in [-0.4, -0.2) is 11.7 Å². The van der Waals surface area contributed by atoms with E-state index in [9.17, 15) is 0 Å². The van der Waals surface area contributed by atoms with Crippen LogP contribution in [0.5, 0.6) is 0 Å². The van der Waals surface area contributed by atoms with Crippen LogP contribution in [0.1, 0.15) is 65.7 Å². The minimum atomic E-state index is 0.257. The van der Waals surface area contributed by atoms with E-state index in [2.05, 4.69) is 32.9 Å². The van der Waals surface area contributed by atoms with Crippen LogP contribution in [0.2, 0.25) is 0 Å². The molecule has 0 atom stereocenters. The van der Waals surface area contributed by atoms with Crippen LogP contribution in [-0.2, 0) is 0 Å². The molecule has 0 aliphatic rings. The lowest BCUT2D eigenvalue weighted by atomic mass is 9.99. The van der Waals surface area contributed by atoms with Crippen LogP contribution in [0.4, 0.5) is 0 Å². The third-order valence-corrected chi connectivity index (χ3v) is 2.83. The van der Waals surface area contributed by atoms with Crippen LogP contribution in [0.25, 0.3) is 0 Å². The summed E-state index contributed by atoms with van der Waals surface area (Å²) in [6.45, 7) is 6.89. The smallest absolute Gasteiger partial charge is 0.0465 e. The van der Waals surface area contributed by atoms with E-state index >= 15 is 0 Å². The zero-order valence-electron chi connectivity index (χ0n) is 11.3. The Bertz CT molecular complexity index is 213. The van der Waals surface area contributed by atoms with Crippen molar-refractivity contribution in [2.24, 2.45) is 0 Å². The molecule has 0 amide bonds. The second-order valence-corrected chi connectivity index (χ2v) is 4.37. The van der Waals surface area contributed by atoms with E-state index in [4.69, 9.17) is 5.11 Å². The van der Waals surface area contributed by atoms with Gasteiger partial charge in [-0.15, -0.1) is 0 Å². The highest BCUT2D eigenvalue weighted by molar-refractivity contribution is 5.28. The Labute approximate surface area is 101 Å². The molecule has 0 saturated carbocycles. The highest BCUT2D eigenvalue weighted by Crippen LogP contribution is 2.18. The molecule has 0 rings (SSSR count). The summed E-state index contributed by atoms with van der Waals surface area (Å²) in [5.74, 6) is 0. The molecule has 0 spiro atoms. The van der Waals surface area contributed by atoms with E-state index in [1.807, 2.05) is 0 Å². The minimum Gasteiger partial charge on any atom is -0.396 e. The number of hydrogen-bond acceptors (Lipinski definition) is 1. The first-order valence-electron chi connectivity index (χ1n) is 6.73. The fraction of sp³-hybridized carbons (Fsp3) is 0.733. The summed E-state index contributed by atoms with van der Waals surface area (Å²) in [6, 6.07) is 0. The first kappa shape index (κ1) is 15.4. The van der Waals surface area contributed by atoms with Gasteiger partial charge in [0, 0.05) is 6.61 Å². The highest BCUT2D eigenvalue weighted by atomic mass is 16.2. The van der Waals surface area contributed by atoms with Gasteiger partial charge in [0.1, 0.15) is 0 Å². The molecule has 1 N–H and O–H groups in total. The van der Waals surface area contributed by atoms with Gasteiger partial charge in [-0.3, -0.25) is 0 Å². The van der Waals surface area contributed by atoms with Crippen molar-refractivity contribution in [3.8, 4) is 0 Å². The molecule has 94 valence electrons. The summed E-state index contributed by atoms with van der Waals surface area (Å²) in [5.41, 5.74) is 2.85. The van der Waals surface area contributed by atoms with E-state index in [1.54, 1.807) is 0 Å². The van der Waals surface area contributed by atoms with E-state index in [0.717, 1.165) is 6.42 Å². The van der Waals surface area contributed by atoms with Crippen LogP contribution >= 0.6 is 0 Å². The van der Waals surface area contributed by atoms with Crippen molar-refractivity contribution in [1.29, 1.82) is 0 Å². The maximum Gasteiger partial charge on any atom is 0.0465 e. The maximum absolute atomic E-state index is 8.82. The lowest BCUT2D eigenvalue weighted by Gasteiger charge is -2.08. The number of allylic oxidation sites excluding steroid dienone is 3. The van der Waals surface area contributed by atoms with Gasteiger partial charge in [0.15, 0.2) is 0 Å². The first-order chi connectivity index (χ1) is 7.76. The molecule has 0 aliphatic carbocycles. The van der Waals surface area contributed by atoms with Crippen LogP contribution in [0.3, 0.4) is 0 Å². The molecule has 0 saturated heterocycles. The largest absolute Gasteiger partial charge is 0.396 e. The Morgan fingerprint density at radius 3 is 2.25 bits per heavy atom. The molecule has 1 nitrogen and oxygen atoms in total. The van der Waals surface area contributed by atoms with Gasteiger partial charge in [0.2, 0.25) is 0 Å². The summed E-state index contributed by atoms with van der Waals surface area (Å²) >= 11 is 0. The standard InChI is InChI=1S/C15H28O/c1-4-6-8-12-15(11-7-5-2)14(3)10-9-13-16/h10,12,16H,4-9,11,13H2,1-3H3/b14-10+,15-12+. The van der Waals surface area contributed by atoms with Crippen LogP contribution < -0.4 is 0 Å². The minimum absolute atomic E-state index is 0.257. The average Bonchev–Trinajstić information content (AvgIpc) is 2.30. The molecule has 0 radical (unpaired) electrons. The van der Waals surface area contributed by atoms with Crippen molar-refractivity contribution >= 4 is 0 Å². The normalized spacial score (nSPS) is 13.2. The monoisotopic (exact) mass is 224 g/mol. The predicted molar refractivity (Wildman–Crippen MR) is 72.6 cm³/mol. The van der Waals surface area contributed by atoms with Gasteiger partial charge in [-0.05, 0) is 38.2 Å². The van der Waals surface area contributed by atoms with Crippen LogP contribution in [0.15, 0.2) is 23.3 Å². The molecular formula is C15H28O. The molecule has 0 fully saturated rings. The molecule has 0 aromatic rings. The maximum atomic E-state index is 8.82. The van der Waals surface area contributed by atoms with Crippen molar-refractivity contribution in [2.45, 2.75) is 65.7 Å². The molecule has 16 heavy (non-hydrogen) atoms. The summed E-state index contributed by atoms with van der Waals surface area (Å²) in [6.07, 6.45) is 12.8. The van der Waals surface area contributed by atoms with E-state index in [-0.39, 0.29) is 6.61 Å². The molecule has 0 aliphatic heterocycles. The first-order valence-corrected chi connectivity index (χ1v) is 6.73. The molecule has 0 bridgehead atoms. The molecular weight excluding hydrogens is 196 g/mol. The van der Waals surface area contributed by atoms with Gasteiger partial charge >= 0.3 is 0 Å². The van der Waals surface area contributed by atoms with Gasteiger partial charge in [-0.1, -0.05) is 50.8 Å². The number of unbranched alkanes of at least 4 members (excludes halogenated alkanes) is 3. The van der Waals surface area contributed by atoms with E-state index < -0.39 is 0 Å². The van der Waals surface area contributed by atoms with Crippen molar-refractivity contribution in [2.75, 3.05) is 6.61 Å². The fourth-order valence-corrected chi connectivity index (χ4v) is 1.72. The third-order valence-electron chi connectivity index (χ3n) is 2.83. The third kappa shape index (κ3) is 7.70. The van der Waals surface area contributed by atoms with Crippen molar-refractivity contribution in [3.05, 3.63) is 23.3 Å². The summed E-state index contributed by atoms with van der Waals surface area (Å²) in [7, 11) is 0. The Morgan fingerprint density at radius 2 is 1.69 bits per heavy atom. The van der Waals surface area contributed by atoms with Crippen molar-refractivity contribution < 1.29 is 5.11 Å². The highest BCUT2D eigenvalue weighted by Gasteiger charge is 1.99. The number of hydrogen-bond donors (Lipinski definition) is 1. The van der Waals surface area contributed by atoms with Crippen LogP contribution in [0, 0.1) is 0 Å². The zero-order chi connectivity index (χ0) is 12.2. The zero-order valence-corrected chi connectivity index (χ0v) is 11.3. The van der Waals surface area contributed by atoms with Gasteiger partial charge < -0.3 is 5.11 Å². The molecule has 0 heterocycles. The quantitative estimate of drug-likeness (QED) is 0.447. The van der Waals surface area contributed by atoms with E-state index in [1.165, 1.54) is 49.7 Å². The number of rotatable bonds is 9. The summed E-state index contributed by atoms with van der Waals surface area (Å²) in [5, 5.41) is 8.82.